The highest BCUT2D eigenvalue weighted by Crippen LogP contribution is 2.16. The van der Waals surface area contributed by atoms with E-state index in [-0.39, 0.29) is 5.97 Å². The molecule has 0 heterocycles. The molecule has 0 atom stereocenters. The molecule has 0 aromatic rings. The summed E-state index contributed by atoms with van der Waals surface area (Å²) in [5.41, 5.74) is 1.90. The molecule has 0 aliphatic heterocycles. The number of esters is 1. The molecule has 0 bridgehead atoms. The molecular formula is C15H26O3Si. The maximum atomic E-state index is 10.9. The third-order valence-electron chi connectivity index (χ3n) is 2.23. The van der Waals surface area contributed by atoms with Crippen LogP contribution in [0.4, 0.5) is 0 Å². The second-order valence-electron chi connectivity index (χ2n) is 5.85. The van der Waals surface area contributed by atoms with E-state index in [0.717, 1.165) is 17.2 Å². The SMILES string of the molecule is C=C(CO/C=C(C)/C(=C/C)OC(C)=O)C[Si](C)(C)C. The Morgan fingerprint density at radius 2 is 1.84 bits per heavy atom. The number of ether oxygens (including phenoxy) is 2. The van der Waals surface area contributed by atoms with Gasteiger partial charge in [0.05, 0.1) is 6.26 Å². The Hall–Kier alpha value is -1.29. The van der Waals surface area contributed by atoms with Crippen LogP contribution in [0.3, 0.4) is 0 Å². The molecule has 0 amide bonds. The van der Waals surface area contributed by atoms with Crippen molar-refractivity contribution in [2.45, 2.75) is 46.5 Å². The lowest BCUT2D eigenvalue weighted by atomic mass is 10.2. The zero-order valence-corrected chi connectivity index (χ0v) is 14.0. The van der Waals surface area contributed by atoms with E-state index in [1.54, 1.807) is 12.3 Å². The monoisotopic (exact) mass is 282 g/mol. The van der Waals surface area contributed by atoms with Crippen LogP contribution in [0.25, 0.3) is 0 Å². The molecule has 19 heavy (non-hydrogen) atoms. The summed E-state index contributed by atoms with van der Waals surface area (Å²) >= 11 is 0. The third-order valence-corrected chi connectivity index (χ3v) is 3.79. The average Bonchev–Trinajstić information content (AvgIpc) is 2.22. The highest BCUT2D eigenvalue weighted by molar-refractivity contribution is 6.76. The molecule has 0 aliphatic rings. The molecule has 4 heteroatoms. The Bertz CT molecular complexity index is 387. The van der Waals surface area contributed by atoms with Gasteiger partial charge in [-0.3, -0.25) is 4.79 Å². The molecule has 0 saturated heterocycles. The van der Waals surface area contributed by atoms with Gasteiger partial charge in [-0.1, -0.05) is 26.2 Å². The predicted molar refractivity (Wildman–Crippen MR) is 82.5 cm³/mol. The molecule has 0 spiro atoms. The summed E-state index contributed by atoms with van der Waals surface area (Å²) in [7, 11) is -1.13. The van der Waals surface area contributed by atoms with Crippen LogP contribution < -0.4 is 0 Å². The van der Waals surface area contributed by atoms with Crippen LogP contribution in [0.1, 0.15) is 20.8 Å². The van der Waals surface area contributed by atoms with Crippen LogP contribution in [0.5, 0.6) is 0 Å². The fourth-order valence-corrected chi connectivity index (χ4v) is 3.27. The van der Waals surface area contributed by atoms with Gasteiger partial charge in [0.2, 0.25) is 0 Å². The van der Waals surface area contributed by atoms with Crippen LogP contribution >= 0.6 is 0 Å². The van der Waals surface area contributed by atoms with Crippen molar-refractivity contribution in [2.24, 2.45) is 0 Å². The molecule has 0 saturated carbocycles. The summed E-state index contributed by atoms with van der Waals surface area (Å²) in [4.78, 5) is 10.9. The van der Waals surface area contributed by atoms with E-state index in [4.69, 9.17) is 9.47 Å². The zero-order chi connectivity index (χ0) is 15.1. The Balaban J connectivity index is 4.33. The van der Waals surface area contributed by atoms with Gasteiger partial charge >= 0.3 is 5.97 Å². The lowest BCUT2D eigenvalue weighted by molar-refractivity contribution is -0.136. The van der Waals surface area contributed by atoms with E-state index >= 15 is 0 Å². The van der Waals surface area contributed by atoms with E-state index in [1.165, 1.54) is 6.92 Å². The standard InChI is InChI=1S/C15H26O3Si/c1-8-15(18-14(4)16)13(3)10-17-9-12(2)11-19(5,6)7/h8,10H,2,9,11H2,1,3-7H3/b13-10+,15-8-. The first-order chi connectivity index (χ1) is 8.65. The van der Waals surface area contributed by atoms with E-state index in [2.05, 4.69) is 26.2 Å². The van der Waals surface area contributed by atoms with Gasteiger partial charge in [0.25, 0.3) is 0 Å². The molecule has 0 rings (SSSR count). The summed E-state index contributed by atoms with van der Waals surface area (Å²) in [6.07, 6.45) is 3.36. The third kappa shape index (κ3) is 9.30. The van der Waals surface area contributed by atoms with Gasteiger partial charge in [0.15, 0.2) is 0 Å². The summed E-state index contributed by atoms with van der Waals surface area (Å²) in [6, 6.07) is 1.06. The normalized spacial score (nSPS) is 13.2. The first-order valence-corrected chi connectivity index (χ1v) is 10.2. The smallest absolute Gasteiger partial charge is 0.308 e. The minimum absolute atomic E-state index is 0.330. The van der Waals surface area contributed by atoms with Crippen molar-refractivity contribution in [3.05, 3.63) is 35.8 Å². The number of hydrogen-bond acceptors (Lipinski definition) is 3. The highest BCUT2D eigenvalue weighted by atomic mass is 28.3. The number of carbonyl (C=O) groups is 1. The first kappa shape index (κ1) is 17.7. The number of hydrogen-bond donors (Lipinski definition) is 0. The largest absolute Gasteiger partial charge is 0.496 e. The molecular weight excluding hydrogens is 256 g/mol. The van der Waals surface area contributed by atoms with Crippen molar-refractivity contribution in [1.29, 1.82) is 0 Å². The lowest BCUT2D eigenvalue weighted by Gasteiger charge is -2.17. The molecule has 0 aliphatic carbocycles. The molecule has 3 nitrogen and oxygen atoms in total. The second kappa shape index (κ2) is 7.99. The maximum Gasteiger partial charge on any atom is 0.308 e. The van der Waals surface area contributed by atoms with Gasteiger partial charge in [0.1, 0.15) is 12.4 Å². The number of carbonyl (C=O) groups excluding carboxylic acids is 1. The van der Waals surface area contributed by atoms with Gasteiger partial charge in [-0.2, -0.15) is 0 Å². The van der Waals surface area contributed by atoms with Gasteiger partial charge < -0.3 is 9.47 Å². The molecule has 0 N–H and O–H groups in total. The van der Waals surface area contributed by atoms with Gasteiger partial charge in [-0.25, -0.2) is 0 Å². The first-order valence-electron chi connectivity index (χ1n) is 6.46. The molecule has 108 valence electrons. The Kier molecular flexibility index (Phi) is 7.45. The molecule has 0 radical (unpaired) electrons. The van der Waals surface area contributed by atoms with Crippen LogP contribution in [-0.4, -0.2) is 20.7 Å². The molecule has 0 unspecified atom stereocenters. The maximum absolute atomic E-state index is 10.9. The van der Waals surface area contributed by atoms with Gasteiger partial charge in [0, 0.05) is 20.6 Å². The number of allylic oxidation sites excluding steroid dienone is 2. The van der Waals surface area contributed by atoms with Crippen molar-refractivity contribution in [3.63, 3.8) is 0 Å². The van der Waals surface area contributed by atoms with Crippen molar-refractivity contribution >= 4 is 14.0 Å². The number of rotatable bonds is 7. The minimum Gasteiger partial charge on any atom is -0.496 e. The molecule has 0 fully saturated rings. The molecule has 0 aromatic heterocycles. The minimum atomic E-state index is -1.13. The van der Waals surface area contributed by atoms with Crippen molar-refractivity contribution in [2.75, 3.05) is 6.61 Å². The van der Waals surface area contributed by atoms with Crippen molar-refractivity contribution < 1.29 is 14.3 Å². The predicted octanol–water partition coefficient (Wildman–Crippen LogP) is 4.27. The van der Waals surface area contributed by atoms with E-state index < -0.39 is 8.07 Å². The van der Waals surface area contributed by atoms with Gasteiger partial charge in [-0.05, 0) is 31.5 Å². The topological polar surface area (TPSA) is 35.5 Å². The van der Waals surface area contributed by atoms with Crippen LogP contribution in [-0.2, 0) is 14.3 Å². The fourth-order valence-electron chi connectivity index (χ4n) is 1.67. The van der Waals surface area contributed by atoms with Crippen molar-refractivity contribution in [1.82, 2.24) is 0 Å². The van der Waals surface area contributed by atoms with E-state index in [1.807, 2.05) is 13.8 Å². The fraction of sp³-hybridized carbons (Fsp3) is 0.533. The Morgan fingerprint density at radius 1 is 1.26 bits per heavy atom. The van der Waals surface area contributed by atoms with Crippen LogP contribution in [0.2, 0.25) is 25.7 Å². The quantitative estimate of drug-likeness (QED) is 0.230. The van der Waals surface area contributed by atoms with Crippen LogP contribution in [0, 0.1) is 0 Å². The van der Waals surface area contributed by atoms with Crippen molar-refractivity contribution in [3.8, 4) is 0 Å². The summed E-state index contributed by atoms with van der Waals surface area (Å²) in [5.74, 6) is 0.201. The summed E-state index contributed by atoms with van der Waals surface area (Å²) in [5, 5.41) is 0. The molecule has 0 aromatic carbocycles. The highest BCUT2D eigenvalue weighted by Gasteiger charge is 2.14. The van der Waals surface area contributed by atoms with Gasteiger partial charge in [-0.15, -0.1) is 0 Å². The Morgan fingerprint density at radius 3 is 2.26 bits per heavy atom. The second-order valence-corrected chi connectivity index (χ2v) is 11.3. The van der Waals surface area contributed by atoms with Crippen LogP contribution in [0.15, 0.2) is 35.8 Å². The summed E-state index contributed by atoms with van der Waals surface area (Å²) in [6.45, 7) is 16.5. The Labute approximate surface area is 118 Å². The zero-order valence-electron chi connectivity index (χ0n) is 13.0. The lowest BCUT2D eigenvalue weighted by Crippen LogP contribution is -2.20. The average molecular weight is 282 g/mol. The van der Waals surface area contributed by atoms with E-state index in [9.17, 15) is 4.79 Å². The summed E-state index contributed by atoms with van der Waals surface area (Å²) < 4.78 is 10.6. The van der Waals surface area contributed by atoms with E-state index in [0.29, 0.717) is 12.4 Å².